The Morgan fingerprint density at radius 1 is 1.67 bits per heavy atom. The van der Waals surface area contributed by atoms with Crippen molar-refractivity contribution in [3.8, 4) is 11.8 Å². The van der Waals surface area contributed by atoms with Gasteiger partial charge < -0.3 is 15.1 Å². The van der Waals surface area contributed by atoms with Crippen LogP contribution in [0.4, 0.5) is 0 Å². The molecule has 0 spiro atoms. The number of likely N-dealkylation sites (tertiary alicyclic amines) is 1. The monoisotopic (exact) mass is 265 g/mol. The molecule has 0 radical (unpaired) electrons. The summed E-state index contributed by atoms with van der Waals surface area (Å²) >= 11 is 1.34. The number of carbonyl (C=O) groups excluding carboxylic acids is 1. The molecule has 1 unspecified atom stereocenters. The number of rotatable bonds is 1. The van der Waals surface area contributed by atoms with Crippen LogP contribution in [0.2, 0.25) is 0 Å². The second kappa shape index (κ2) is 5.53. The van der Waals surface area contributed by atoms with E-state index in [9.17, 15) is 9.90 Å². The Bertz CT molecular complexity index is 512. The third-order valence-corrected chi connectivity index (χ3v) is 4.00. The fourth-order valence-electron chi connectivity index (χ4n) is 1.91. The zero-order valence-corrected chi connectivity index (χ0v) is 11.0. The summed E-state index contributed by atoms with van der Waals surface area (Å²) in [5, 5.41) is 18.1. The van der Waals surface area contributed by atoms with Crippen LogP contribution in [0.3, 0.4) is 0 Å². The topological polar surface area (TPSA) is 60.8 Å². The molecule has 1 saturated heterocycles. The molecule has 0 bridgehead atoms. The van der Waals surface area contributed by atoms with Crippen molar-refractivity contribution in [2.75, 3.05) is 19.7 Å². The number of nitrogens with zero attached hydrogens (tertiary/aromatic N) is 1. The smallest absolute Gasteiger partial charge is 0.264 e. The lowest BCUT2D eigenvalue weighted by atomic mass is 10.2. The van der Waals surface area contributed by atoms with Crippen molar-refractivity contribution < 1.29 is 15.0 Å². The Kier molecular flexibility index (Phi) is 4.02. The number of thiophene rings is 1. The SMILES string of the molecule is Cc1cc(C(=O)N2CCC(O)C2)sc1C#CCO. The summed E-state index contributed by atoms with van der Waals surface area (Å²) in [6, 6.07) is 1.82. The minimum Gasteiger partial charge on any atom is -0.391 e. The van der Waals surface area contributed by atoms with Crippen LogP contribution in [-0.2, 0) is 0 Å². The Labute approximate surface area is 110 Å². The molecule has 2 heterocycles. The highest BCUT2D eigenvalue weighted by Crippen LogP contribution is 2.24. The third-order valence-electron chi connectivity index (χ3n) is 2.86. The molecule has 1 aromatic rings. The predicted molar refractivity (Wildman–Crippen MR) is 69.5 cm³/mol. The summed E-state index contributed by atoms with van der Waals surface area (Å²) in [5.41, 5.74) is 0.948. The van der Waals surface area contributed by atoms with Crippen molar-refractivity contribution in [2.24, 2.45) is 0 Å². The first-order valence-corrected chi connectivity index (χ1v) is 6.61. The van der Waals surface area contributed by atoms with E-state index in [2.05, 4.69) is 11.8 Å². The van der Waals surface area contributed by atoms with E-state index in [1.54, 1.807) is 4.90 Å². The van der Waals surface area contributed by atoms with Crippen molar-refractivity contribution in [3.05, 3.63) is 21.4 Å². The largest absolute Gasteiger partial charge is 0.391 e. The molecule has 4 nitrogen and oxygen atoms in total. The van der Waals surface area contributed by atoms with E-state index in [0.717, 1.165) is 10.4 Å². The van der Waals surface area contributed by atoms with Gasteiger partial charge in [0.2, 0.25) is 0 Å². The summed E-state index contributed by atoms with van der Waals surface area (Å²) in [4.78, 5) is 15.3. The van der Waals surface area contributed by atoms with Gasteiger partial charge in [-0.1, -0.05) is 11.8 Å². The molecule has 18 heavy (non-hydrogen) atoms. The Morgan fingerprint density at radius 2 is 2.44 bits per heavy atom. The maximum Gasteiger partial charge on any atom is 0.264 e. The fraction of sp³-hybridized carbons (Fsp3) is 0.462. The molecule has 5 heteroatoms. The van der Waals surface area contributed by atoms with Crippen molar-refractivity contribution >= 4 is 17.2 Å². The molecule has 96 valence electrons. The fourth-order valence-corrected chi connectivity index (χ4v) is 2.93. The number of amides is 1. The van der Waals surface area contributed by atoms with Gasteiger partial charge in [-0.05, 0) is 25.0 Å². The molecular weight excluding hydrogens is 250 g/mol. The standard InChI is InChI=1S/C13H15NO3S/c1-9-7-12(18-11(9)3-2-6-15)13(17)14-5-4-10(16)8-14/h7,10,15-16H,4-6,8H2,1H3. The van der Waals surface area contributed by atoms with Crippen molar-refractivity contribution in [1.82, 2.24) is 4.90 Å². The molecule has 1 atom stereocenters. The maximum atomic E-state index is 12.2. The van der Waals surface area contributed by atoms with Gasteiger partial charge in [-0.25, -0.2) is 0 Å². The highest BCUT2D eigenvalue weighted by atomic mass is 32.1. The zero-order chi connectivity index (χ0) is 13.1. The summed E-state index contributed by atoms with van der Waals surface area (Å²) in [7, 11) is 0. The van der Waals surface area contributed by atoms with Crippen LogP contribution in [0, 0.1) is 18.8 Å². The normalized spacial score (nSPS) is 18.6. The molecule has 1 aromatic heterocycles. The van der Waals surface area contributed by atoms with E-state index >= 15 is 0 Å². The minimum absolute atomic E-state index is 0.0447. The van der Waals surface area contributed by atoms with Crippen LogP contribution in [-0.4, -0.2) is 46.8 Å². The van der Waals surface area contributed by atoms with Gasteiger partial charge in [0, 0.05) is 13.1 Å². The van der Waals surface area contributed by atoms with E-state index in [-0.39, 0.29) is 12.5 Å². The lowest BCUT2D eigenvalue weighted by Crippen LogP contribution is -2.28. The van der Waals surface area contributed by atoms with Crippen molar-refractivity contribution in [3.63, 3.8) is 0 Å². The number of aliphatic hydroxyl groups excluding tert-OH is 2. The average Bonchev–Trinajstić information content (AvgIpc) is 2.92. The molecule has 2 rings (SSSR count). The lowest BCUT2D eigenvalue weighted by Gasteiger charge is -2.13. The van der Waals surface area contributed by atoms with Gasteiger partial charge in [-0.3, -0.25) is 4.79 Å². The van der Waals surface area contributed by atoms with Gasteiger partial charge in [0.25, 0.3) is 5.91 Å². The van der Waals surface area contributed by atoms with Gasteiger partial charge in [-0.2, -0.15) is 0 Å². The van der Waals surface area contributed by atoms with Crippen LogP contribution in [0.1, 0.15) is 26.5 Å². The first-order chi connectivity index (χ1) is 8.61. The molecule has 1 amide bonds. The van der Waals surface area contributed by atoms with Gasteiger partial charge >= 0.3 is 0 Å². The highest BCUT2D eigenvalue weighted by Gasteiger charge is 2.26. The molecule has 1 aliphatic rings. The molecule has 1 aliphatic heterocycles. The summed E-state index contributed by atoms with van der Waals surface area (Å²) in [6.45, 7) is 2.73. The average molecular weight is 265 g/mol. The molecule has 1 fully saturated rings. The summed E-state index contributed by atoms with van der Waals surface area (Å²) in [6.07, 6.45) is 0.247. The zero-order valence-electron chi connectivity index (χ0n) is 10.1. The second-order valence-electron chi connectivity index (χ2n) is 4.28. The van der Waals surface area contributed by atoms with Crippen LogP contribution < -0.4 is 0 Å². The van der Waals surface area contributed by atoms with E-state index in [4.69, 9.17) is 5.11 Å². The number of hydrogen-bond donors (Lipinski definition) is 2. The van der Waals surface area contributed by atoms with Crippen LogP contribution in [0.15, 0.2) is 6.07 Å². The number of aryl methyl sites for hydroxylation is 1. The third kappa shape index (κ3) is 2.72. The number of β-amino-alcohol motifs (C(OH)–C–C–N with tert-alkyl or cyclic N) is 1. The summed E-state index contributed by atoms with van der Waals surface area (Å²) in [5.74, 6) is 5.38. The Hall–Kier alpha value is -1.35. The van der Waals surface area contributed by atoms with Crippen LogP contribution >= 0.6 is 11.3 Å². The van der Waals surface area contributed by atoms with Gasteiger partial charge in [-0.15, -0.1) is 11.3 Å². The number of hydrogen-bond acceptors (Lipinski definition) is 4. The molecule has 0 aliphatic carbocycles. The van der Waals surface area contributed by atoms with E-state index in [1.165, 1.54) is 11.3 Å². The first kappa shape index (κ1) is 13.1. The molecule has 0 saturated carbocycles. The van der Waals surface area contributed by atoms with Crippen LogP contribution in [0.5, 0.6) is 0 Å². The molecular formula is C13H15NO3S. The van der Waals surface area contributed by atoms with E-state index < -0.39 is 6.10 Å². The minimum atomic E-state index is -0.399. The maximum absolute atomic E-state index is 12.2. The van der Waals surface area contributed by atoms with Gasteiger partial charge in [0.1, 0.15) is 6.61 Å². The quantitative estimate of drug-likeness (QED) is 0.731. The van der Waals surface area contributed by atoms with Crippen LogP contribution in [0.25, 0.3) is 0 Å². The second-order valence-corrected chi connectivity index (χ2v) is 5.33. The Balaban J connectivity index is 2.16. The predicted octanol–water partition coefficient (Wildman–Crippen LogP) is 0.607. The van der Waals surface area contributed by atoms with Gasteiger partial charge in [0.05, 0.1) is 15.9 Å². The van der Waals surface area contributed by atoms with Gasteiger partial charge in [0.15, 0.2) is 0 Å². The summed E-state index contributed by atoms with van der Waals surface area (Å²) < 4.78 is 0. The first-order valence-electron chi connectivity index (χ1n) is 5.79. The molecule has 0 aromatic carbocycles. The van der Waals surface area contributed by atoms with E-state index in [1.807, 2.05) is 13.0 Å². The molecule has 2 N–H and O–H groups in total. The van der Waals surface area contributed by atoms with Crippen molar-refractivity contribution in [2.45, 2.75) is 19.4 Å². The lowest BCUT2D eigenvalue weighted by molar-refractivity contribution is 0.0769. The highest BCUT2D eigenvalue weighted by molar-refractivity contribution is 7.14. The van der Waals surface area contributed by atoms with Crippen molar-refractivity contribution in [1.29, 1.82) is 0 Å². The Morgan fingerprint density at radius 3 is 3.06 bits per heavy atom. The number of carbonyl (C=O) groups is 1. The van der Waals surface area contributed by atoms with E-state index in [0.29, 0.717) is 24.4 Å². The number of aliphatic hydroxyl groups is 2.